The lowest BCUT2D eigenvalue weighted by Gasteiger charge is -2.29. The molecule has 0 atom stereocenters. The summed E-state index contributed by atoms with van der Waals surface area (Å²) in [5.74, 6) is 0.887. The van der Waals surface area contributed by atoms with Gasteiger partial charge in [-0.15, -0.1) is 11.3 Å². The Bertz CT molecular complexity index is 607. The molecule has 2 rings (SSSR count). The second kappa shape index (κ2) is 10.5. The number of guanidine groups is 1. The Morgan fingerprint density at radius 1 is 1.27 bits per heavy atom. The first kappa shape index (κ1) is 20.7. The Labute approximate surface area is 160 Å². The van der Waals surface area contributed by atoms with E-state index < -0.39 is 0 Å². The van der Waals surface area contributed by atoms with Crippen LogP contribution in [0, 0.1) is 19.8 Å². The van der Waals surface area contributed by atoms with Crippen LogP contribution in [-0.4, -0.2) is 42.7 Å². The molecule has 0 unspecified atom stereocenters. The molecule has 7 heteroatoms. The van der Waals surface area contributed by atoms with Crippen LogP contribution in [0.4, 0.5) is 0 Å². The van der Waals surface area contributed by atoms with Crippen LogP contribution < -0.4 is 10.6 Å². The molecule has 1 aliphatic carbocycles. The number of thiazole rings is 1. The number of carbonyl (C=O) groups is 1. The van der Waals surface area contributed by atoms with Crippen LogP contribution in [0.5, 0.6) is 0 Å². The summed E-state index contributed by atoms with van der Waals surface area (Å²) in [7, 11) is 0. The van der Waals surface area contributed by atoms with Crippen LogP contribution in [0.3, 0.4) is 0 Å². The number of aromatic nitrogens is 1. The number of rotatable bonds is 7. The minimum absolute atomic E-state index is 0.0401. The zero-order valence-electron chi connectivity index (χ0n) is 16.4. The molecule has 0 bridgehead atoms. The molecule has 0 radical (unpaired) electrons. The van der Waals surface area contributed by atoms with Crippen molar-refractivity contribution < 1.29 is 9.53 Å². The van der Waals surface area contributed by atoms with Crippen molar-refractivity contribution in [3.63, 3.8) is 0 Å². The Balaban J connectivity index is 1.82. The first-order chi connectivity index (χ1) is 12.5. The Morgan fingerprint density at radius 3 is 2.58 bits per heavy atom. The number of carbonyl (C=O) groups excluding carboxylic acids is 1. The van der Waals surface area contributed by atoms with Crippen molar-refractivity contribution in [2.75, 3.05) is 19.7 Å². The maximum absolute atomic E-state index is 11.9. The molecule has 1 aromatic rings. The van der Waals surface area contributed by atoms with Crippen molar-refractivity contribution >= 4 is 23.3 Å². The summed E-state index contributed by atoms with van der Waals surface area (Å²) in [6.45, 7) is 10.1. The Morgan fingerprint density at radius 2 is 2.00 bits per heavy atom. The first-order valence-electron chi connectivity index (χ1n) is 9.67. The van der Waals surface area contributed by atoms with Gasteiger partial charge in [0.15, 0.2) is 5.96 Å². The van der Waals surface area contributed by atoms with Crippen molar-refractivity contribution in [2.24, 2.45) is 10.9 Å². The molecule has 26 heavy (non-hydrogen) atoms. The standard InChI is InChI=1S/C19H32N4O2S/c1-5-20-19(21-12-11-17-13(3)22-14(4)26-17)23-16-9-7-15(8-10-16)18(24)25-6-2/h15-16H,5-12H2,1-4H3,(H2,20,21,23). The number of hydrogen-bond acceptors (Lipinski definition) is 5. The lowest BCUT2D eigenvalue weighted by atomic mass is 9.86. The molecule has 0 amide bonds. The molecule has 1 aliphatic rings. The third-order valence-electron chi connectivity index (χ3n) is 4.64. The lowest BCUT2D eigenvalue weighted by molar-refractivity contribution is -0.149. The molecular formula is C19H32N4O2S. The summed E-state index contributed by atoms with van der Waals surface area (Å²) in [5.41, 5.74) is 1.12. The van der Waals surface area contributed by atoms with Crippen molar-refractivity contribution in [3.05, 3.63) is 15.6 Å². The van der Waals surface area contributed by atoms with Gasteiger partial charge in [0.25, 0.3) is 0 Å². The third-order valence-corrected chi connectivity index (χ3v) is 5.77. The number of aliphatic imine (C=N–C) groups is 1. The average molecular weight is 381 g/mol. The minimum Gasteiger partial charge on any atom is -0.466 e. The highest BCUT2D eigenvalue weighted by Gasteiger charge is 2.27. The minimum atomic E-state index is -0.0401. The highest BCUT2D eigenvalue weighted by Crippen LogP contribution is 2.25. The van der Waals surface area contributed by atoms with E-state index in [1.54, 1.807) is 11.3 Å². The number of hydrogen-bond donors (Lipinski definition) is 2. The normalized spacial score (nSPS) is 20.7. The number of aryl methyl sites for hydroxylation is 2. The van der Waals surface area contributed by atoms with E-state index >= 15 is 0 Å². The van der Waals surface area contributed by atoms with Crippen molar-refractivity contribution in [1.82, 2.24) is 15.6 Å². The molecule has 146 valence electrons. The average Bonchev–Trinajstić information content (AvgIpc) is 2.93. The van der Waals surface area contributed by atoms with Gasteiger partial charge in [-0.2, -0.15) is 0 Å². The molecule has 1 heterocycles. The van der Waals surface area contributed by atoms with Gasteiger partial charge in [0, 0.05) is 30.4 Å². The van der Waals surface area contributed by atoms with Gasteiger partial charge in [0.05, 0.1) is 23.2 Å². The fourth-order valence-electron chi connectivity index (χ4n) is 3.32. The molecule has 0 saturated heterocycles. The smallest absolute Gasteiger partial charge is 0.308 e. The Kier molecular flexibility index (Phi) is 8.35. The summed E-state index contributed by atoms with van der Waals surface area (Å²) in [4.78, 5) is 22.4. The van der Waals surface area contributed by atoms with Gasteiger partial charge in [-0.05, 0) is 53.4 Å². The molecule has 0 aliphatic heterocycles. The number of esters is 1. The molecule has 0 spiro atoms. The maximum Gasteiger partial charge on any atom is 0.308 e. The molecule has 1 fully saturated rings. The van der Waals surface area contributed by atoms with Crippen molar-refractivity contribution in [2.45, 2.75) is 65.8 Å². The topological polar surface area (TPSA) is 75.6 Å². The summed E-state index contributed by atoms with van der Waals surface area (Å²) in [5, 5.41) is 7.97. The second-order valence-electron chi connectivity index (χ2n) is 6.70. The maximum atomic E-state index is 11.9. The summed E-state index contributed by atoms with van der Waals surface area (Å²) < 4.78 is 5.14. The van der Waals surface area contributed by atoms with E-state index in [1.807, 2.05) is 13.8 Å². The van der Waals surface area contributed by atoms with E-state index in [0.717, 1.165) is 61.9 Å². The number of ether oxygens (including phenoxy) is 1. The first-order valence-corrected chi connectivity index (χ1v) is 10.5. The molecule has 6 nitrogen and oxygen atoms in total. The molecule has 2 N–H and O–H groups in total. The van der Waals surface area contributed by atoms with E-state index in [4.69, 9.17) is 9.73 Å². The number of nitrogens with zero attached hydrogens (tertiary/aromatic N) is 2. The summed E-state index contributed by atoms with van der Waals surface area (Å²) in [6, 6.07) is 0.367. The highest BCUT2D eigenvalue weighted by atomic mass is 32.1. The fourth-order valence-corrected chi connectivity index (χ4v) is 4.25. The van der Waals surface area contributed by atoms with E-state index in [0.29, 0.717) is 12.6 Å². The van der Waals surface area contributed by atoms with E-state index in [1.165, 1.54) is 4.88 Å². The van der Waals surface area contributed by atoms with Crippen LogP contribution in [0.15, 0.2) is 4.99 Å². The van der Waals surface area contributed by atoms with E-state index in [9.17, 15) is 4.79 Å². The summed E-state index contributed by atoms with van der Waals surface area (Å²) in [6.07, 6.45) is 4.64. The Hall–Kier alpha value is -1.63. The van der Waals surface area contributed by atoms with Crippen LogP contribution >= 0.6 is 11.3 Å². The lowest BCUT2D eigenvalue weighted by Crippen LogP contribution is -2.45. The zero-order chi connectivity index (χ0) is 18.9. The van der Waals surface area contributed by atoms with Gasteiger partial charge in [0.1, 0.15) is 0 Å². The van der Waals surface area contributed by atoms with Gasteiger partial charge in [-0.3, -0.25) is 9.79 Å². The van der Waals surface area contributed by atoms with Crippen molar-refractivity contribution in [1.29, 1.82) is 0 Å². The molecular weight excluding hydrogens is 348 g/mol. The quantitative estimate of drug-likeness (QED) is 0.432. The largest absolute Gasteiger partial charge is 0.466 e. The fraction of sp³-hybridized carbons (Fsp3) is 0.737. The number of nitrogens with one attached hydrogen (secondary N) is 2. The molecule has 1 aromatic heterocycles. The van der Waals surface area contributed by atoms with Gasteiger partial charge >= 0.3 is 5.97 Å². The van der Waals surface area contributed by atoms with Crippen LogP contribution in [-0.2, 0) is 16.0 Å². The van der Waals surface area contributed by atoms with Crippen LogP contribution in [0.1, 0.15) is 55.1 Å². The summed E-state index contributed by atoms with van der Waals surface area (Å²) >= 11 is 1.76. The van der Waals surface area contributed by atoms with E-state index in [-0.39, 0.29) is 11.9 Å². The predicted molar refractivity (Wildman–Crippen MR) is 107 cm³/mol. The SMILES string of the molecule is CCNC(=NCCc1sc(C)nc1C)NC1CCC(C(=O)OCC)CC1. The highest BCUT2D eigenvalue weighted by molar-refractivity contribution is 7.11. The monoisotopic (exact) mass is 380 g/mol. The molecule has 0 aromatic carbocycles. The van der Waals surface area contributed by atoms with Crippen LogP contribution in [0.2, 0.25) is 0 Å². The van der Waals surface area contributed by atoms with Crippen LogP contribution in [0.25, 0.3) is 0 Å². The van der Waals surface area contributed by atoms with Gasteiger partial charge in [-0.1, -0.05) is 0 Å². The predicted octanol–water partition coefficient (Wildman–Crippen LogP) is 2.98. The van der Waals surface area contributed by atoms with Gasteiger partial charge in [-0.25, -0.2) is 4.98 Å². The van der Waals surface area contributed by atoms with Gasteiger partial charge in [0.2, 0.25) is 0 Å². The van der Waals surface area contributed by atoms with Gasteiger partial charge < -0.3 is 15.4 Å². The zero-order valence-corrected chi connectivity index (χ0v) is 17.2. The van der Waals surface area contributed by atoms with Crippen molar-refractivity contribution in [3.8, 4) is 0 Å². The molecule has 1 saturated carbocycles. The third kappa shape index (κ3) is 6.27. The second-order valence-corrected chi connectivity index (χ2v) is 7.98. The van der Waals surface area contributed by atoms with E-state index in [2.05, 4.69) is 29.5 Å².